The van der Waals surface area contributed by atoms with Crippen LogP contribution in [0.5, 0.6) is 5.75 Å². The van der Waals surface area contributed by atoms with Gasteiger partial charge in [-0.2, -0.15) is 0 Å². The van der Waals surface area contributed by atoms with Gasteiger partial charge in [0.15, 0.2) is 17.7 Å². The normalized spacial score (nSPS) is 12.1. The number of carbonyl (C=O) groups excluding carboxylic acids is 1. The molecular weight excluding hydrogens is 350 g/mol. The van der Waals surface area contributed by atoms with E-state index in [4.69, 9.17) is 4.74 Å². The van der Waals surface area contributed by atoms with E-state index < -0.39 is 17.7 Å². The Morgan fingerprint density at radius 1 is 1.07 bits per heavy atom. The summed E-state index contributed by atoms with van der Waals surface area (Å²) in [6, 6.07) is 11.2. The SMILES string of the molecule is CCN(CC)Cc1ccccc1CNC(=O)C(C)Oc1ccc(F)c(F)c1. The van der Waals surface area contributed by atoms with E-state index in [-0.39, 0.29) is 11.7 Å². The molecule has 27 heavy (non-hydrogen) atoms. The minimum absolute atomic E-state index is 0.110. The van der Waals surface area contributed by atoms with Gasteiger partial charge in [0, 0.05) is 19.2 Å². The maximum absolute atomic E-state index is 13.2. The molecule has 1 unspecified atom stereocenters. The third-order valence-corrected chi connectivity index (χ3v) is 4.43. The molecule has 2 aromatic rings. The number of amides is 1. The number of hydrogen-bond acceptors (Lipinski definition) is 3. The van der Waals surface area contributed by atoms with Crippen molar-refractivity contribution in [3.63, 3.8) is 0 Å². The van der Waals surface area contributed by atoms with Crippen LogP contribution in [-0.4, -0.2) is 30.0 Å². The van der Waals surface area contributed by atoms with Crippen LogP contribution in [0.15, 0.2) is 42.5 Å². The lowest BCUT2D eigenvalue weighted by Crippen LogP contribution is -2.36. The lowest BCUT2D eigenvalue weighted by molar-refractivity contribution is -0.127. The molecule has 2 aromatic carbocycles. The Morgan fingerprint density at radius 2 is 1.74 bits per heavy atom. The third kappa shape index (κ3) is 6.03. The van der Waals surface area contributed by atoms with E-state index in [0.29, 0.717) is 6.54 Å². The summed E-state index contributed by atoms with van der Waals surface area (Å²) < 4.78 is 31.6. The lowest BCUT2D eigenvalue weighted by atomic mass is 10.1. The van der Waals surface area contributed by atoms with Crippen molar-refractivity contribution in [1.29, 1.82) is 0 Å². The number of nitrogens with one attached hydrogen (secondary N) is 1. The standard InChI is InChI=1S/C21H26F2N2O2/c1-4-25(5-2)14-17-9-7-6-8-16(17)13-24-21(26)15(3)27-18-10-11-19(22)20(23)12-18/h6-12,15H,4-5,13-14H2,1-3H3,(H,24,26). The van der Waals surface area contributed by atoms with E-state index in [1.807, 2.05) is 18.2 Å². The molecule has 0 spiro atoms. The molecule has 0 aliphatic heterocycles. The summed E-state index contributed by atoms with van der Waals surface area (Å²) in [6.45, 7) is 8.91. The number of carbonyl (C=O) groups is 1. The second kappa shape index (κ2) is 10.0. The number of halogens is 2. The maximum atomic E-state index is 13.2. The van der Waals surface area contributed by atoms with Crippen LogP contribution in [0.2, 0.25) is 0 Å². The largest absolute Gasteiger partial charge is 0.481 e. The van der Waals surface area contributed by atoms with Gasteiger partial charge in [-0.3, -0.25) is 9.69 Å². The molecule has 4 nitrogen and oxygen atoms in total. The molecule has 1 N–H and O–H groups in total. The highest BCUT2D eigenvalue weighted by Crippen LogP contribution is 2.17. The molecule has 0 radical (unpaired) electrons. The van der Waals surface area contributed by atoms with Crippen LogP contribution in [0.1, 0.15) is 31.9 Å². The molecule has 0 aliphatic carbocycles. The van der Waals surface area contributed by atoms with Crippen molar-refractivity contribution in [2.75, 3.05) is 13.1 Å². The minimum Gasteiger partial charge on any atom is -0.481 e. The van der Waals surface area contributed by atoms with Gasteiger partial charge in [-0.1, -0.05) is 38.1 Å². The highest BCUT2D eigenvalue weighted by atomic mass is 19.2. The van der Waals surface area contributed by atoms with Crippen LogP contribution < -0.4 is 10.1 Å². The molecule has 0 saturated heterocycles. The first kappa shape index (κ1) is 20.8. The second-order valence-corrected chi connectivity index (χ2v) is 6.28. The van der Waals surface area contributed by atoms with E-state index in [2.05, 4.69) is 30.1 Å². The van der Waals surface area contributed by atoms with Gasteiger partial charge in [0.25, 0.3) is 5.91 Å². The Hall–Kier alpha value is -2.47. The fourth-order valence-corrected chi connectivity index (χ4v) is 2.71. The number of nitrogens with zero attached hydrogens (tertiary/aromatic N) is 1. The molecule has 1 amide bonds. The number of benzene rings is 2. The van der Waals surface area contributed by atoms with Gasteiger partial charge in [0.1, 0.15) is 5.75 Å². The number of rotatable bonds is 9. The highest BCUT2D eigenvalue weighted by Gasteiger charge is 2.16. The smallest absolute Gasteiger partial charge is 0.261 e. The summed E-state index contributed by atoms with van der Waals surface area (Å²) in [6.07, 6.45) is -0.829. The lowest BCUT2D eigenvalue weighted by Gasteiger charge is -2.21. The Bertz CT molecular complexity index is 764. The molecule has 6 heteroatoms. The van der Waals surface area contributed by atoms with Crippen LogP contribution in [0, 0.1) is 11.6 Å². The van der Waals surface area contributed by atoms with Gasteiger partial charge in [0.05, 0.1) is 0 Å². The summed E-state index contributed by atoms with van der Waals surface area (Å²) in [5.74, 6) is -2.18. The first-order chi connectivity index (χ1) is 12.9. The van der Waals surface area contributed by atoms with Gasteiger partial charge >= 0.3 is 0 Å². The van der Waals surface area contributed by atoms with Crippen molar-refractivity contribution in [3.05, 3.63) is 65.2 Å². The van der Waals surface area contributed by atoms with E-state index in [1.165, 1.54) is 6.07 Å². The van der Waals surface area contributed by atoms with Crippen molar-refractivity contribution in [2.24, 2.45) is 0 Å². The van der Waals surface area contributed by atoms with E-state index >= 15 is 0 Å². The molecule has 0 fully saturated rings. The Morgan fingerprint density at radius 3 is 2.37 bits per heavy atom. The Labute approximate surface area is 159 Å². The van der Waals surface area contributed by atoms with Crippen molar-refractivity contribution in [1.82, 2.24) is 10.2 Å². The molecular formula is C21H26F2N2O2. The zero-order valence-electron chi connectivity index (χ0n) is 16.0. The predicted molar refractivity (Wildman–Crippen MR) is 101 cm³/mol. The average Bonchev–Trinajstić information content (AvgIpc) is 2.67. The van der Waals surface area contributed by atoms with Gasteiger partial charge in [-0.15, -0.1) is 0 Å². The van der Waals surface area contributed by atoms with Crippen LogP contribution in [0.3, 0.4) is 0 Å². The Kier molecular flexibility index (Phi) is 7.73. The summed E-state index contributed by atoms with van der Waals surface area (Å²) in [5.41, 5.74) is 2.20. The number of ether oxygens (including phenoxy) is 1. The van der Waals surface area contributed by atoms with Crippen molar-refractivity contribution < 1.29 is 18.3 Å². The zero-order chi connectivity index (χ0) is 19.8. The molecule has 0 aliphatic rings. The summed E-state index contributed by atoms with van der Waals surface area (Å²) in [4.78, 5) is 14.6. The average molecular weight is 376 g/mol. The monoisotopic (exact) mass is 376 g/mol. The van der Waals surface area contributed by atoms with Crippen LogP contribution in [0.4, 0.5) is 8.78 Å². The second-order valence-electron chi connectivity index (χ2n) is 6.28. The maximum Gasteiger partial charge on any atom is 0.261 e. The van der Waals surface area contributed by atoms with Gasteiger partial charge in [0.2, 0.25) is 0 Å². The first-order valence-corrected chi connectivity index (χ1v) is 9.13. The van der Waals surface area contributed by atoms with Gasteiger partial charge in [-0.05, 0) is 43.3 Å². The number of hydrogen-bond donors (Lipinski definition) is 1. The quantitative estimate of drug-likeness (QED) is 0.722. The van der Waals surface area contributed by atoms with Gasteiger partial charge < -0.3 is 10.1 Å². The van der Waals surface area contributed by atoms with Crippen LogP contribution in [0.25, 0.3) is 0 Å². The van der Waals surface area contributed by atoms with E-state index in [0.717, 1.165) is 42.9 Å². The Balaban J connectivity index is 1.95. The van der Waals surface area contributed by atoms with E-state index in [1.54, 1.807) is 6.92 Å². The third-order valence-electron chi connectivity index (χ3n) is 4.43. The highest BCUT2D eigenvalue weighted by molar-refractivity contribution is 5.80. The molecule has 0 bridgehead atoms. The molecule has 2 rings (SSSR count). The fraction of sp³-hybridized carbons (Fsp3) is 0.381. The molecule has 0 heterocycles. The topological polar surface area (TPSA) is 41.6 Å². The summed E-state index contributed by atoms with van der Waals surface area (Å²) >= 11 is 0. The molecule has 0 aromatic heterocycles. The van der Waals surface area contributed by atoms with Crippen molar-refractivity contribution in [3.8, 4) is 5.75 Å². The molecule has 1 atom stereocenters. The van der Waals surface area contributed by atoms with Crippen molar-refractivity contribution >= 4 is 5.91 Å². The first-order valence-electron chi connectivity index (χ1n) is 9.13. The molecule has 0 saturated carbocycles. The van der Waals surface area contributed by atoms with Crippen molar-refractivity contribution in [2.45, 2.75) is 40.0 Å². The summed E-state index contributed by atoms with van der Waals surface area (Å²) in [7, 11) is 0. The summed E-state index contributed by atoms with van der Waals surface area (Å²) in [5, 5.41) is 2.84. The molecule has 146 valence electrons. The van der Waals surface area contributed by atoms with Gasteiger partial charge in [-0.25, -0.2) is 8.78 Å². The minimum atomic E-state index is -1.01. The fourth-order valence-electron chi connectivity index (χ4n) is 2.71. The van der Waals surface area contributed by atoms with E-state index in [9.17, 15) is 13.6 Å². The predicted octanol–water partition coefficient (Wildman–Crippen LogP) is 3.89. The van der Waals surface area contributed by atoms with Crippen LogP contribution >= 0.6 is 0 Å². The zero-order valence-corrected chi connectivity index (χ0v) is 16.0. The van der Waals surface area contributed by atoms with Crippen LogP contribution in [-0.2, 0) is 17.9 Å².